The van der Waals surface area contributed by atoms with Crippen molar-refractivity contribution >= 4 is 15.9 Å². The quantitative estimate of drug-likeness (QED) is 0.759. The van der Waals surface area contributed by atoms with Crippen LogP contribution in [0.25, 0.3) is 11.3 Å². The summed E-state index contributed by atoms with van der Waals surface area (Å²) in [6.45, 7) is 0. The van der Waals surface area contributed by atoms with Gasteiger partial charge in [0.1, 0.15) is 0 Å². The summed E-state index contributed by atoms with van der Waals surface area (Å²) >= 11 is 3.45. The Morgan fingerprint density at radius 1 is 1.08 bits per heavy atom. The van der Waals surface area contributed by atoms with Crippen molar-refractivity contribution in [3.05, 3.63) is 47.3 Å². The third-order valence-electron chi connectivity index (χ3n) is 1.71. The van der Waals surface area contributed by atoms with Crippen LogP contribution in [0.4, 0.5) is 0 Å². The second kappa shape index (κ2) is 3.66. The molecule has 13 heavy (non-hydrogen) atoms. The first-order chi connectivity index (χ1) is 6.38. The maximum atomic E-state index is 4.24. The van der Waals surface area contributed by atoms with Gasteiger partial charge in [0, 0.05) is 28.6 Å². The summed E-state index contributed by atoms with van der Waals surface area (Å²) in [5.74, 6) is 0. The van der Waals surface area contributed by atoms with E-state index in [1.165, 1.54) is 0 Å². The molecule has 0 aliphatic rings. The van der Waals surface area contributed by atoms with E-state index in [1.54, 1.807) is 18.6 Å². The number of halogens is 1. The summed E-state index contributed by atoms with van der Waals surface area (Å²) < 4.78 is 1.02. The van der Waals surface area contributed by atoms with Gasteiger partial charge in [-0.05, 0) is 34.1 Å². The largest absolute Gasteiger partial charge is 0.264 e. The van der Waals surface area contributed by atoms with Gasteiger partial charge in [0.15, 0.2) is 0 Å². The zero-order chi connectivity index (χ0) is 9.10. The Labute approximate surface area is 84.8 Å². The van der Waals surface area contributed by atoms with Gasteiger partial charge in [0.05, 0.1) is 5.69 Å². The molecule has 0 bridgehead atoms. The molecule has 0 N–H and O–H groups in total. The Hall–Kier alpha value is -1.22. The zero-order valence-corrected chi connectivity index (χ0v) is 8.40. The highest BCUT2D eigenvalue weighted by molar-refractivity contribution is 9.10. The fraction of sp³-hybridized carbons (Fsp3) is 0. The number of aromatic nitrogens is 2. The summed E-state index contributed by atoms with van der Waals surface area (Å²) in [7, 11) is 0. The lowest BCUT2D eigenvalue weighted by Gasteiger charge is -2.00. The van der Waals surface area contributed by atoms with E-state index >= 15 is 0 Å². The minimum atomic E-state index is 0.933. The molecule has 0 aromatic carbocycles. The lowest BCUT2D eigenvalue weighted by Crippen LogP contribution is -1.84. The zero-order valence-electron chi connectivity index (χ0n) is 6.81. The maximum absolute atomic E-state index is 4.24. The first-order valence-corrected chi connectivity index (χ1v) is 4.68. The van der Waals surface area contributed by atoms with Gasteiger partial charge in [-0.3, -0.25) is 9.97 Å². The molecule has 0 saturated heterocycles. The van der Waals surface area contributed by atoms with Crippen molar-refractivity contribution in [3.8, 4) is 11.3 Å². The van der Waals surface area contributed by atoms with Gasteiger partial charge in [-0.1, -0.05) is 6.07 Å². The molecule has 0 spiro atoms. The first kappa shape index (κ1) is 8.38. The van der Waals surface area contributed by atoms with Crippen LogP contribution in [0, 0.1) is 0 Å². The van der Waals surface area contributed by atoms with E-state index in [1.807, 2.05) is 24.3 Å². The van der Waals surface area contributed by atoms with Crippen molar-refractivity contribution in [1.29, 1.82) is 0 Å². The molecule has 0 saturated carbocycles. The van der Waals surface area contributed by atoms with Crippen molar-refractivity contribution in [1.82, 2.24) is 9.97 Å². The van der Waals surface area contributed by atoms with Crippen molar-refractivity contribution in [2.45, 2.75) is 0 Å². The molecule has 0 aliphatic heterocycles. The fourth-order valence-electron chi connectivity index (χ4n) is 1.09. The van der Waals surface area contributed by atoms with Crippen LogP contribution in [0.2, 0.25) is 0 Å². The highest BCUT2D eigenvalue weighted by Gasteiger charge is 2.01. The number of nitrogens with zero attached hydrogens (tertiary/aromatic N) is 2. The number of rotatable bonds is 1. The first-order valence-electron chi connectivity index (χ1n) is 3.89. The number of hydrogen-bond donors (Lipinski definition) is 0. The molecule has 3 heteroatoms. The molecule has 2 nitrogen and oxygen atoms in total. The molecule has 2 heterocycles. The van der Waals surface area contributed by atoms with Crippen molar-refractivity contribution in [2.75, 3.05) is 0 Å². The number of hydrogen-bond acceptors (Lipinski definition) is 2. The predicted octanol–water partition coefficient (Wildman–Crippen LogP) is 2.91. The third kappa shape index (κ3) is 1.75. The average molecular weight is 235 g/mol. The van der Waals surface area contributed by atoms with Gasteiger partial charge in [-0.2, -0.15) is 0 Å². The minimum absolute atomic E-state index is 0.933. The van der Waals surface area contributed by atoms with Crippen molar-refractivity contribution in [3.63, 3.8) is 0 Å². The van der Waals surface area contributed by atoms with E-state index in [-0.39, 0.29) is 0 Å². The summed E-state index contributed by atoms with van der Waals surface area (Å²) in [5, 5.41) is 0. The normalized spacial score (nSPS) is 9.92. The van der Waals surface area contributed by atoms with E-state index < -0.39 is 0 Å². The van der Waals surface area contributed by atoms with Crippen LogP contribution in [0.3, 0.4) is 0 Å². The highest BCUT2D eigenvalue weighted by Crippen LogP contribution is 2.24. The molecular weight excluding hydrogens is 228 g/mol. The molecule has 0 fully saturated rings. The second-order valence-electron chi connectivity index (χ2n) is 2.57. The SMILES string of the molecule is Brc1ccncc1-c1ccccn1. The standard InChI is InChI=1S/C10H7BrN2/c11-9-4-6-12-7-8(9)10-3-1-2-5-13-10/h1-7H. The lowest BCUT2D eigenvalue weighted by atomic mass is 10.2. The Morgan fingerprint density at radius 2 is 2.00 bits per heavy atom. The number of pyridine rings is 2. The molecule has 2 rings (SSSR count). The second-order valence-corrected chi connectivity index (χ2v) is 3.42. The van der Waals surface area contributed by atoms with Crippen LogP contribution in [-0.2, 0) is 0 Å². The molecule has 64 valence electrons. The highest BCUT2D eigenvalue weighted by atomic mass is 79.9. The molecule has 2 aromatic rings. The van der Waals surface area contributed by atoms with Gasteiger partial charge in [-0.25, -0.2) is 0 Å². The van der Waals surface area contributed by atoms with Crippen LogP contribution in [0.15, 0.2) is 47.3 Å². The van der Waals surface area contributed by atoms with Crippen LogP contribution in [0.1, 0.15) is 0 Å². The fourth-order valence-corrected chi connectivity index (χ4v) is 1.51. The molecule has 0 radical (unpaired) electrons. The van der Waals surface area contributed by atoms with Gasteiger partial charge in [0.2, 0.25) is 0 Å². The summed E-state index contributed by atoms with van der Waals surface area (Å²) in [6.07, 6.45) is 5.32. The maximum Gasteiger partial charge on any atom is 0.0728 e. The van der Waals surface area contributed by atoms with E-state index in [4.69, 9.17) is 0 Å². The molecule has 2 aromatic heterocycles. The summed E-state index contributed by atoms with van der Waals surface area (Å²) in [5.41, 5.74) is 1.95. The van der Waals surface area contributed by atoms with Crippen LogP contribution >= 0.6 is 15.9 Å². The molecule has 0 aliphatic carbocycles. The van der Waals surface area contributed by atoms with Crippen molar-refractivity contribution < 1.29 is 0 Å². The Kier molecular flexibility index (Phi) is 2.36. The van der Waals surface area contributed by atoms with Crippen LogP contribution in [0.5, 0.6) is 0 Å². The predicted molar refractivity (Wildman–Crippen MR) is 55.2 cm³/mol. The van der Waals surface area contributed by atoms with Crippen molar-refractivity contribution in [2.24, 2.45) is 0 Å². The van der Waals surface area contributed by atoms with Gasteiger partial charge >= 0.3 is 0 Å². The van der Waals surface area contributed by atoms with E-state index in [2.05, 4.69) is 25.9 Å². The summed E-state index contributed by atoms with van der Waals surface area (Å²) in [4.78, 5) is 8.29. The Balaban J connectivity index is 2.54. The average Bonchev–Trinajstić information content (AvgIpc) is 2.20. The molecular formula is C10H7BrN2. The summed E-state index contributed by atoms with van der Waals surface area (Å²) in [6, 6.07) is 7.72. The molecule has 0 atom stereocenters. The van der Waals surface area contributed by atoms with E-state index in [0.29, 0.717) is 0 Å². The van der Waals surface area contributed by atoms with Gasteiger partial charge in [-0.15, -0.1) is 0 Å². The minimum Gasteiger partial charge on any atom is -0.264 e. The van der Waals surface area contributed by atoms with E-state index in [9.17, 15) is 0 Å². The van der Waals surface area contributed by atoms with E-state index in [0.717, 1.165) is 15.7 Å². The Bertz CT molecular complexity index is 401. The van der Waals surface area contributed by atoms with Crippen LogP contribution < -0.4 is 0 Å². The Morgan fingerprint density at radius 3 is 2.69 bits per heavy atom. The smallest absolute Gasteiger partial charge is 0.0728 e. The lowest BCUT2D eigenvalue weighted by molar-refractivity contribution is 1.27. The van der Waals surface area contributed by atoms with Crippen LogP contribution in [-0.4, -0.2) is 9.97 Å². The van der Waals surface area contributed by atoms with Gasteiger partial charge in [0.25, 0.3) is 0 Å². The third-order valence-corrected chi connectivity index (χ3v) is 2.40. The molecule has 0 unspecified atom stereocenters. The van der Waals surface area contributed by atoms with Gasteiger partial charge < -0.3 is 0 Å². The monoisotopic (exact) mass is 234 g/mol. The topological polar surface area (TPSA) is 25.8 Å². The molecule has 0 amide bonds.